The largest absolute Gasteiger partial charge is 0.393 e. The second kappa shape index (κ2) is 9.98. The maximum Gasteiger partial charge on any atom is 0.264 e. The van der Waals surface area contributed by atoms with E-state index in [9.17, 15) is 14.3 Å². The van der Waals surface area contributed by atoms with Crippen LogP contribution in [-0.2, 0) is 11.3 Å². The van der Waals surface area contributed by atoms with E-state index in [4.69, 9.17) is 9.72 Å². The van der Waals surface area contributed by atoms with Crippen LogP contribution in [0, 0.1) is 12.7 Å². The first-order valence-electron chi connectivity index (χ1n) is 12.0. The Kier molecular flexibility index (Phi) is 6.81. The van der Waals surface area contributed by atoms with Crippen molar-refractivity contribution in [3.8, 4) is 0 Å². The number of hydrogen-bond acceptors (Lipinski definition) is 6. The first kappa shape index (κ1) is 23.2. The van der Waals surface area contributed by atoms with Gasteiger partial charge in [0.25, 0.3) is 5.91 Å². The number of aliphatic hydroxyl groups is 1. The number of ether oxygens (including phenoxy) is 1. The van der Waals surface area contributed by atoms with Gasteiger partial charge in [-0.3, -0.25) is 4.79 Å². The molecule has 1 N–H and O–H groups in total. The van der Waals surface area contributed by atoms with Gasteiger partial charge in [-0.15, -0.1) is 11.3 Å². The molecule has 0 spiro atoms. The highest BCUT2D eigenvalue weighted by molar-refractivity contribution is 7.13. The lowest BCUT2D eigenvalue weighted by Gasteiger charge is -2.33. The molecule has 1 amide bonds. The van der Waals surface area contributed by atoms with Crippen LogP contribution >= 0.6 is 11.3 Å². The molecule has 2 saturated heterocycles. The Morgan fingerprint density at radius 2 is 2.06 bits per heavy atom. The van der Waals surface area contributed by atoms with Crippen LogP contribution in [0.25, 0.3) is 10.9 Å². The van der Waals surface area contributed by atoms with Crippen molar-refractivity contribution in [2.45, 2.75) is 51.4 Å². The third-order valence-corrected chi connectivity index (χ3v) is 7.64. The molecule has 34 heavy (non-hydrogen) atoms. The molecule has 1 atom stereocenters. The number of piperidine rings is 1. The van der Waals surface area contributed by atoms with Crippen LogP contribution in [0.1, 0.15) is 45.8 Å². The van der Waals surface area contributed by atoms with Crippen molar-refractivity contribution in [1.29, 1.82) is 0 Å². The Balaban J connectivity index is 1.51. The number of aliphatic hydroxyl groups excluding tert-OH is 1. The lowest BCUT2D eigenvalue weighted by atomic mass is 10.1. The van der Waals surface area contributed by atoms with Crippen LogP contribution in [0.15, 0.2) is 36.4 Å². The van der Waals surface area contributed by atoms with Crippen molar-refractivity contribution in [2.24, 2.45) is 0 Å². The number of nitrogens with zero attached hydrogens (tertiary/aromatic N) is 3. The molecule has 180 valence electrons. The van der Waals surface area contributed by atoms with Gasteiger partial charge in [0, 0.05) is 54.7 Å². The highest BCUT2D eigenvalue weighted by Crippen LogP contribution is 2.29. The van der Waals surface area contributed by atoms with E-state index in [0.29, 0.717) is 49.4 Å². The summed E-state index contributed by atoms with van der Waals surface area (Å²) < 4.78 is 19.8. The lowest BCUT2D eigenvalue weighted by molar-refractivity contribution is 0.0511. The third kappa shape index (κ3) is 5.09. The van der Waals surface area contributed by atoms with E-state index in [1.165, 1.54) is 23.5 Å². The Bertz CT molecular complexity index is 1170. The van der Waals surface area contributed by atoms with Crippen molar-refractivity contribution < 1.29 is 19.0 Å². The molecule has 2 aliphatic rings. The predicted molar refractivity (Wildman–Crippen MR) is 132 cm³/mol. The lowest BCUT2D eigenvalue weighted by Crippen LogP contribution is -2.39. The molecule has 4 heterocycles. The number of amides is 1. The number of fused-ring (bicyclic) bond motifs is 1. The number of aryl methyl sites for hydroxylation is 1. The van der Waals surface area contributed by atoms with E-state index in [1.807, 2.05) is 30.0 Å². The summed E-state index contributed by atoms with van der Waals surface area (Å²) in [7, 11) is 0. The van der Waals surface area contributed by atoms with E-state index < -0.39 is 0 Å². The van der Waals surface area contributed by atoms with E-state index in [1.54, 1.807) is 6.07 Å². The molecule has 2 aliphatic heterocycles. The molecule has 3 aromatic rings. The van der Waals surface area contributed by atoms with E-state index in [2.05, 4.69) is 4.90 Å². The van der Waals surface area contributed by atoms with Crippen LogP contribution in [0.4, 0.5) is 10.2 Å². The zero-order valence-corrected chi connectivity index (χ0v) is 20.2. The topological polar surface area (TPSA) is 65.9 Å². The molecule has 5 rings (SSSR count). The smallest absolute Gasteiger partial charge is 0.264 e. The second-order valence-electron chi connectivity index (χ2n) is 9.26. The van der Waals surface area contributed by atoms with Crippen molar-refractivity contribution in [3.05, 3.63) is 57.5 Å². The van der Waals surface area contributed by atoms with E-state index in [0.717, 1.165) is 41.1 Å². The van der Waals surface area contributed by atoms with Gasteiger partial charge in [0.05, 0.1) is 22.6 Å². The summed E-state index contributed by atoms with van der Waals surface area (Å²) in [6.07, 6.45) is 3.00. The maximum atomic E-state index is 13.9. The Morgan fingerprint density at radius 1 is 1.24 bits per heavy atom. The van der Waals surface area contributed by atoms with Gasteiger partial charge < -0.3 is 19.6 Å². The summed E-state index contributed by atoms with van der Waals surface area (Å²) >= 11 is 1.50. The number of anilines is 1. The summed E-state index contributed by atoms with van der Waals surface area (Å²) in [5.74, 6) is 0.432. The number of carbonyl (C=O) groups excluding carboxylic acids is 1. The minimum atomic E-state index is -0.323. The van der Waals surface area contributed by atoms with Crippen molar-refractivity contribution in [3.63, 3.8) is 0 Å². The van der Waals surface area contributed by atoms with Gasteiger partial charge in [-0.05, 0) is 62.9 Å². The van der Waals surface area contributed by atoms with E-state index in [-0.39, 0.29) is 23.9 Å². The number of hydrogen-bond donors (Lipinski definition) is 1. The normalized spacial score (nSPS) is 19.1. The number of halogens is 1. The first-order chi connectivity index (χ1) is 16.5. The Labute approximate surface area is 203 Å². The monoisotopic (exact) mass is 483 g/mol. The average Bonchev–Trinajstić information content (AvgIpc) is 3.50. The summed E-state index contributed by atoms with van der Waals surface area (Å²) in [5, 5.41) is 10.8. The second-order valence-corrected chi connectivity index (χ2v) is 10.5. The van der Waals surface area contributed by atoms with Crippen molar-refractivity contribution in [2.75, 3.05) is 31.1 Å². The summed E-state index contributed by atoms with van der Waals surface area (Å²) in [6.45, 7) is 4.99. The number of aromatic nitrogens is 1. The van der Waals surface area contributed by atoms with Gasteiger partial charge in [-0.25, -0.2) is 9.37 Å². The number of carbonyl (C=O) groups is 1. The minimum absolute atomic E-state index is 0.00665. The van der Waals surface area contributed by atoms with Crippen LogP contribution in [0.3, 0.4) is 0 Å². The zero-order chi connectivity index (χ0) is 23.7. The molecule has 2 fully saturated rings. The molecule has 1 unspecified atom stereocenters. The summed E-state index contributed by atoms with van der Waals surface area (Å²) in [6, 6.07) is 10.5. The summed E-state index contributed by atoms with van der Waals surface area (Å²) in [4.78, 5) is 24.2. The fraction of sp³-hybridized carbons (Fsp3) is 0.462. The fourth-order valence-corrected chi connectivity index (χ4v) is 5.64. The molecular formula is C26H30FN3O3S. The Hall–Kier alpha value is -2.55. The summed E-state index contributed by atoms with van der Waals surface area (Å²) in [5.41, 5.74) is 1.52. The molecule has 0 aliphatic carbocycles. The SMILES string of the molecule is Cc1ccc(C(=O)N(Cc2cc3ccc(F)cc3nc2N2CCC(O)CC2)CC2CCCO2)s1. The van der Waals surface area contributed by atoms with Gasteiger partial charge in [-0.1, -0.05) is 0 Å². The number of thiophene rings is 1. The van der Waals surface area contributed by atoms with Crippen molar-refractivity contribution in [1.82, 2.24) is 9.88 Å². The standard InChI is InChI=1S/C26H30FN3O3S/c1-17-4-7-24(34-17)26(32)30(16-22-3-2-12-33-22)15-19-13-18-5-6-20(27)14-23(18)28-25(19)29-10-8-21(31)9-11-29/h4-7,13-14,21-22,31H,2-3,8-12,15-16H2,1H3. The number of benzene rings is 1. The Morgan fingerprint density at radius 3 is 2.76 bits per heavy atom. The molecule has 0 radical (unpaired) electrons. The number of rotatable bonds is 6. The quantitative estimate of drug-likeness (QED) is 0.558. The van der Waals surface area contributed by atoms with Crippen LogP contribution in [-0.4, -0.2) is 59.3 Å². The first-order valence-corrected chi connectivity index (χ1v) is 12.8. The van der Waals surface area contributed by atoms with Gasteiger partial charge in [0.1, 0.15) is 11.6 Å². The van der Waals surface area contributed by atoms with Crippen LogP contribution in [0.5, 0.6) is 0 Å². The van der Waals surface area contributed by atoms with Crippen LogP contribution in [0.2, 0.25) is 0 Å². The minimum Gasteiger partial charge on any atom is -0.393 e. The van der Waals surface area contributed by atoms with Crippen molar-refractivity contribution >= 4 is 34.0 Å². The van der Waals surface area contributed by atoms with Crippen LogP contribution < -0.4 is 4.90 Å². The zero-order valence-electron chi connectivity index (χ0n) is 19.4. The van der Waals surface area contributed by atoms with Gasteiger partial charge in [0.15, 0.2) is 0 Å². The van der Waals surface area contributed by atoms with Gasteiger partial charge in [-0.2, -0.15) is 0 Å². The molecule has 2 aromatic heterocycles. The molecule has 6 nitrogen and oxygen atoms in total. The molecule has 0 bridgehead atoms. The van der Waals surface area contributed by atoms with E-state index >= 15 is 0 Å². The molecule has 8 heteroatoms. The predicted octanol–water partition coefficient (Wildman–Crippen LogP) is 4.53. The average molecular weight is 484 g/mol. The third-order valence-electron chi connectivity index (χ3n) is 6.65. The van der Waals surface area contributed by atoms with Gasteiger partial charge >= 0.3 is 0 Å². The molecule has 1 aromatic carbocycles. The highest BCUT2D eigenvalue weighted by atomic mass is 32.1. The van der Waals surface area contributed by atoms with Gasteiger partial charge in [0.2, 0.25) is 0 Å². The molecule has 0 saturated carbocycles. The molecular weight excluding hydrogens is 453 g/mol. The maximum absolute atomic E-state index is 13.9. The fourth-order valence-electron chi connectivity index (χ4n) is 4.81. The number of pyridine rings is 1. The highest BCUT2D eigenvalue weighted by Gasteiger charge is 2.27.